The summed E-state index contributed by atoms with van der Waals surface area (Å²) in [6, 6.07) is 0. The molecule has 0 saturated carbocycles. The maximum absolute atomic E-state index is 5.84. The third-order valence-electron chi connectivity index (χ3n) is 3.32. The zero-order chi connectivity index (χ0) is 11.2. The minimum Gasteiger partial charge on any atom is -0.371 e. The molecule has 0 saturated heterocycles. The SMILES string of the molecule is CCCCCC[C@@H]1OCC=CC2=CCO[C@@H]21. The van der Waals surface area contributed by atoms with Crippen LogP contribution in [-0.2, 0) is 9.47 Å². The second kappa shape index (κ2) is 6.21. The molecule has 16 heavy (non-hydrogen) atoms. The summed E-state index contributed by atoms with van der Waals surface area (Å²) >= 11 is 0. The number of hydrogen-bond donors (Lipinski definition) is 0. The fraction of sp³-hybridized carbons (Fsp3) is 0.714. The Morgan fingerprint density at radius 1 is 1.19 bits per heavy atom. The van der Waals surface area contributed by atoms with E-state index < -0.39 is 0 Å². The molecule has 0 aliphatic carbocycles. The molecule has 0 aromatic heterocycles. The van der Waals surface area contributed by atoms with E-state index >= 15 is 0 Å². The Labute approximate surface area is 98.3 Å². The standard InChI is InChI=1S/C14H22O2/c1-2-3-4-5-8-13-14-12(9-11-16-14)7-6-10-15-13/h6-7,9,13-14H,2-5,8,10-11H2,1H3/t13-,14-/m0/s1. The lowest BCUT2D eigenvalue weighted by Gasteiger charge is -2.22. The molecule has 0 aromatic rings. The van der Waals surface area contributed by atoms with Crippen molar-refractivity contribution < 1.29 is 9.47 Å². The number of ether oxygens (including phenoxy) is 2. The molecule has 2 nitrogen and oxygen atoms in total. The van der Waals surface area contributed by atoms with Gasteiger partial charge in [0.2, 0.25) is 0 Å². The van der Waals surface area contributed by atoms with Gasteiger partial charge in [-0.25, -0.2) is 0 Å². The van der Waals surface area contributed by atoms with Crippen LogP contribution in [0, 0.1) is 0 Å². The highest BCUT2D eigenvalue weighted by Gasteiger charge is 2.29. The molecule has 2 rings (SSSR count). The van der Waals surface area contributed by atoms with Gasteiger partial charge in [0.15, 0.2) is 0 Å². The highest BCUT2D eigenvalue weighted by Crippen LogP contribution is 2.26. The molecule has 2 aliphatic heterocycles. The van der Waals surface area contributed by atoms with Gasteiger partial charge in [0.1, 0.15) is 6.10 Å². The van der Waals surface area contributed by atoms with Crippen LogP contribution in [0.25, 0.3) is 0 Å². The Hall–Kier alpha value is -0.600. The molecular formula is C14H22O2. The third kappa shape index (κ3) is 2.96. The topological polar surface area (TPSA) is 18.5 Å². The summed E-state index contributed by atoms with van der Waals surface area (Å²) in [4.78, 5) is 0. The van der Waals surface area contributed by atoms with Crippen molar-refractivity contribution >= 4 is 0 Å². The summed E-state index contributed by atoms with van der Waals surface area (Å²) in [5.74, 6) is 0. The third-order valence-corrected chi connectivity index (χ3v) is 3.32. The van der Waals surface area contributed by atoms with Crippen LogP contribution in [0.1, 0.15) is 39.0 Å². The fourth-order valence-corrected chi connectivity index (χ4v) is 2.40. The molecule has 2 heteroatoms. The summed E-state index contributed by atoms with van der Waals surface area (Å²) < 4.78 is 11.6. The van der Waals surface area contributed by atoms with Crippen LogP contribution in [0.4, 0.5) is 0 Å². The van der Waals surface area contributed by atoms with Gasteiger partial charge in [0.25, 0.3) is 0 Å². The largest absolute Gasteiger partial charge is 0.371 e. The van der Waals surface area contributed by atoms with E-state index in [0.717, 1.165) is 19.6 Å². The average Bonchev–Trinajstić information content (AvgIpc) is 2.68. The van der Waals surface area contributed by atoms with Gasteiger partial charge in [-0.3, -0.25) is 0 Å². The molecule has 0 N–H and O–H groups in total. The van der Waals surface area contributed by atoms with Gasteiger partial charge in [-0.15, -0.1) is 0 Å². The molecule has 0 bridgehead atoms. The van der Waals surface area contributed by atoms with Crippen molar-refractivity contribution in [2.75, 3.05) is 13.2 Å². The first kappa shape index (κ1) is 11.9. The summed E-state index contributed by atoms with van der Waals surface area (Å²) in [5.41, 5.74) is 1.32. The zero-order valence-corrected chi connectivity index (χ0v) is 10.2. The Balaban J connectivity index is 1.82. The normalized spacial score (nSPS) is 28.7. The van der Waals surface area contributed by atoms with Crippen LogP contribution < -0.4 is 0 Å². The lowest BCUT2D eigenvalue weighted by atomic mass is 10.0. The number of hydrogen-bond acceptors (Lipinski definition) is 2. The second-order valence-electron chi connectivity index (χ2n) is 4.58. The summed E-state index contributed by atoms with van der Waals surface area (Å²) in [6.07, 6.45) is 13.2. The molecular weight excluding hydrogens is 200 g/mol. The molecule has 2 heterocycles. The lowest BCUT2D eigenvalue weighted by molar-refractivity contribution is -0.0320. The van der Waals surface area contributed by atoms with Gasteiger partial charge >= 0.3 is 0 Å². The molecule has 2 atom stereocenters. The van der Waals surface area contributed by atoms with Crippen LogP contribution in [0.5, 0.6) is 0 Å². The number of rotatable bonds is 5. The molecule has 2 aliphatic rings. The van der Waals surface area contributed by atoms with Crippen molar-refractivity contribution in [2.45, 2.75) is 51.2 Å². The van der Waals surface area contributed by atoms with Gasteiger partial charge in [0.05, 0.1) is 19.3 Å². The van der Waals surface area contributed by atoms with Crippen molar-refractivity contribution in [3.63, 3.8) is 0 Å². The predicted octanol–water partition coefficient (Wildman–Crippen LogP) is 3.24. The minimum atomic E-state index is 0.195. The molecule has 0 amide bonds. The molecule has 0 radical (unpaired) electrons. The van der Waals surface area contributed by atoms with E-state index in [1.165, 1.54) is 31.3 Å². The van der Waals surface area contributed by atoms with Crippen LogP contribution in [-0.4, -0.2) is 25.4 Å². The van der Waals surface area contributed by atoms with Gasteiger partial charge < -0.3 is 9.47 Å². The summed E-state index contributed by atoms with van der Waals surface area (Å²) in [7, 11) is 0. The first-order chi connectivity index (χ1) is 7.92. The highest BCUT2D eigenvalue weighted by molar-refractivity contribution is 5.28. The molecule has 0 spiro atoms. The van der Waals surface area contributed by atoms with Crippen LogP contribution >= 0.6 is 0 Å². The number of unbranched alkanes of at least 4 members (excludes halogenated alkanes) is 3. The zero-order valence-electron chi connectivity index (χ0n) is 10.2. The van der Waals surface area contributed by atoms with E-state index in [9.17, 15) is 0 Å². The van der Waals surface area contributed by atoms with Crippen molar-refractivity contribution in [2.24, 2.45) is 0 Å². The first-order valence-corrected chi connectivity index (χ1v) is 6.51. The van der Waals surface area contributed by atoms with Gasteiger partial charge in [0, 0.05) is 0 Å². The Morgan fingerprint density at radius 2 is 2.12 bits per heavy atom. The van der Waals surface area contributed by atoms with Gasteiger partial charge in [-0.2, -0.15) is 0 Å². The van der Waals surface area contributed by atoms with Crippen LogP contribution in [0.3, 0.4) is 0 Å². The first-order valence-electron chi connectivity index (χ1n) is 6.51. The Bertz CT molecular complexity index is 268. The lowest BCUT2D eigenvalue weighted by Crippen LogP contribution is -2.29. The van der Waals surface area contributed by atoms with Crippen LogP contribution in [0.2, 0.25) is 0 Å². The van der Waals surface area contributed by atoms with E-state index in [1.807, 2.05) is 0 Å². The Morgan fingerprint density at radius 3 is 3.00 bits per heavy atom. The van der Waals surface area contributed by atoms with Crippen molar-refractivity contribution in [3.8, 4) is 0 Å². The fourth-order valence-electron chi connectivity index (χ4n) is 2.40. The molecule has 0 aromatic carbocycles. The quantitative estimate of drug-likeness (QED) is 0.665. The van der Waals surface area contributed by atoms with E-state index in [-0.39, 0.29) is 12.2 Å². The maximum Gasteiger partial charge on any atom is 0.109 e. The second-order valence-corrected chi connectivity index (χ2v) is 4.58. The monoisotopic (exact) mass is 222 g/mol. The maximum atomic E-state index is 5.84. The van der Waals surface area contributed by atoms with Crippen LogP contribution in [0.15, 0.2) is 23.8 Å². The molecule has 0 fully saturated rings. The minimum absolute atomic E-state index is 0.195. The van der Waals surface area contributed by atoms with Crippen molar-refractivity contribution in [1.29, 1.82) is 0 Å². The molecule has 0 unspecified atom stereocenters. The number of fused-ring (bicyclic) bond motifs is 1. The smallest absolute Gasteiger partial charge is 0.109 e. The van der Waals surface area contributed by atoms with Crippen molar-refractivity contribution in [3.05, 3.63) is 23.8 Å². The van der Waals surface area contributed by atoms with Crippen molar-refractivity contribution in [1.82, 2.24) is 0 Å². The van der Waals surface area contributed by atoms with E-state index in [1.54, 1.807) is 0 Å². The van der Waals surface area contributed by atoms with E-state index in [4.69, 9.17) is 9.47 Å². The Kier molecular flexibility index (Phi) is 4.61. The summed E-state index contributed by atoms with van der Waals surface area (Å²) in [5, 5.41) is 0. The summed E-state index contributed by atoms with van der Waals surface area (Å²) in [6.45, 7) is 3.72. The highest BCUT2D eigenvalue weighted by atomic mass is 16.5. The van der Waals surface area contributed by atoms with Gasteiger partial charge in [-0.1, -0.05) is 50.8 Å². The van der Waals surface area contributed by atoms with E-state index in [2.05, 4.69) is 25.2 Å². The molecule has 90 valence electrons. The average molecular weight is 222 g/mol. The predicted molar refractivity (Wildman–Crippen MR) is 65.5 cm³/mol. The van der Waals surface area contributed by atoms with Gasteiger partial charge in [-0.05, 0) is 12.0 Å². The van der Waals surface area contributed by atoms with E-state index in [0.29, 0.717) is 0 Å².